The van der Waals surface area contributed by atoms with Crippen LogP contribution in [0.25, 0.3) is 0 Å². The Morgan fingerprint density at radius 3 is 2.81 bits per heavy atom. The Morgan fingerprint density at radius 2 is 2.14 bits per heavy atom. The second kappa shape index (κ2) is 5.35. The van der Waals surface area contributed by atoms with Crippen LogP contribution in [-0.2, 0) is 21.1 Å². The number of aryl methyl sites for hydroxylation is 1. The minimum Gasteiger partial charge on any atom is -0.309 e. The van der Waals surface area contributed by atoms with Gasteiger partial charge < -0.3 is 4.90 Å². The van der Waals surface area contributed by atoms with Crippen molar-refractivity contribution in [3.05, 3.63) is 28.0 Å². The highest BCUT2D eigenvalue weighted by Crippen LogP contribution is 2.35. The summed E-state index contributed by atoms with van der Waals surface area (Å²) in [4.78, 5) is 14.0. The smallest absolute Gasteiger partial charge is 0.231 e. The highest BCUT2D eigenvalue weighted by molar-refractivity contribution is 9.10. The normalized spacial score (nSPS) is 23.9. The third kappa shape index (κ3) is 2.85. The van der Waals surface area contributed by atoms with Gasteiger partial charge in [-0.3, -0.25) is 4.79 Å². The molecular formula is C14H15BrFNO3S. The van der Waals surface area contributed by atoms with Crippen LogP contribution in [0.2, 0.25) is 0 Å². The number of hydrogen-bond donors (Lipinski definition) is 0. The number of benzene rings is 1. The molecule has 7 heteroatoms. The Bertz CT molecular complexity index is 704. The number of nitrogens with zero attached hydrogens (tertiary/aromatic N) is 1. The van der Waals surface area contributed by atoms with E-state index in [0.29, 0.717) is 23.1 Å². The van der Waals surface area contributed by atoms with E-state index in [2.05, 4.69) is 15.9 Å². The number of rotatable bonds is 1. The summed E-state index contributed by atoms with van der Waals surface area (Å²) < 4.78 is 38.0. The van der Waals surface area contributed by atoms with Crippen LogP contribution in [0.15, 0.2) is 16.6 Å². The van der Waals surface area contributed by atoms with E-state index in [0.717, 1.165) is 18.4 Å². The van der Waals surface area contributed by atoms with Gasteiger partial charge in [0.15, 0.2) is 9.84 Å². The quantitative estimate of drug-likeness (QED) is 0.756. The lowest BCUT2D eigenvalue weighted by atomic mass is 9.98. The predicted molar refractivity (Wildman–Crippen MR) is 81.5 cm³/mol. The third-order valence-electron chi connectivity index (χ3n) is 4.05. The molecule has 0 radical (unpaired) electrons. The second-order valence-electron chi connectivity index (χ2n) is 5.59. The van der Waals surface area contributed by atoms with Crippen LogP contribution in [0.5, 0.6) is 0 Å². The molecule has 2 aliphatic rings. The van der Waals surface area contributed by atoms with Crippen molar-refractivity contribution in [3.8, 4) is 0 Å². The van der Waals surface area contributed by atoms with E-state index in [1.165, 1.54) is 11.0 Å². The van der Waals surface area contributed by atoms with Gasteiger partial charge >= 0.3 is 0 Å². The molecule has 1 aromatic carbocycles. The molecule has 2 aliphatic heterocycles. The van der Waals surface area contributed by atoms with Gasteiger partial charge in [0.05, 0.1) is 23.1 Å². The Kier molecular flexibility index (Phi) is 3.81. The van der Waals surface area contributed by atoms with Crippen molar-refractivity contribution in [3.63, 3.8) is 0 Å². The van der Waals surface area contributed by atoms with Crippen molar-refractivity contribution in [1.82, 2.24) is 0 Å². The lowest BCUT2D eigenvalue weighted by molar-refractivity contribution is -0.121. The third-order valence-corrected chi connectivity index (χ3v) is 6.28. The molecule has 1 amide bonds. The summed E-state index contributed by atoms with van der Waals surface area (Å²) in [6, 6.07) is 3.17. The molecule has 114 valence electrons. The molecule has 0 N–H and O–H groups in total. The van der Waals surface area contributed by atoms with Crippen molar-refractivity contribution in [2.24, 2.45) is 5.92 Å². The summed E-state index contributed by atoms with van der Waals surface area (Å²) in [5, 5.41) is 0. The Balaban J connectivity index is 1.94. The van der Waals surface area contributed by atoms with Gasteiger partial charge in [-0.1, -0.05) is 15.9 Å². The zero-order valence-corrected chi connectivity index (χ0v) is 13.7. The Hall–Kier alpha value is -0.950. The van der Waals surface area contributed by atoms with Gasteiger partial charge in [0.25, 0.3) is 0 Å². The molecule has 21 heavy (non-hydrogen) atoms. The molecule has 1 atom stereocenters. The maximum absolute atomic E-state index is 14.2. The van der Waals surface area contributed by atoms with Gasteiger partial charge in [0, 0.05) is 11.0 Å². The molecule has 0 bridgehead atoms. The highest BCUT2D eigenvalue weighted by Gasteiger charge is 2.37. The first-order valence-corrected chi connectivity index (χ1v) is 9.48. The molecule has 4 nitrogen and oxygen atoms in total. The minimum absolute atomic E-state index is 0.0485. The van der Waals surface area contributed by atoms with Gasteiger partial charge in [-0.15, -0.1) is 0 Å². The summed E-state index contributed by atoms with van der Waals surface area (Å²) in [5.41, 5.74) is 1.11. The average molecular weight is 376 g/mol. The summed E-state index contributed by atoms with van der Waals surface area (Å²) in [6.07, 6.45) is 1.82. The van der Waals surface area contributed by atoms with Crippen molar-refractivity contribution in [1.29, 1.82) is 0 Å². The number of sulfone groups is 1. The Labute approximate surface area is 131 Å². The fraction of sp³-hybridized carbons (Fsp3) is 0.500. The van der Waals surface area contributed by atoms with Crippen molar-refractivity contribution >= 4 is 37.4 Å². The van der Waals surface area contributed by atoms with E-state index < -0.39 is 21.6 Å². The van der Waals surface area contributed by atoms with Crippen LogP contribution in [0.3, 0.4) is 0 Å². The number of hydrogen-bond acceptors (Lipinski definition) is 3. The van der Waals surface area contributed by atoms with E-state index >= 15 is 0 Å². The molecule has 1 saturated heterocycles. The first kappa shape index (κ1) is 15.0. The summed E-state index contributed by atoms with van der Waals surface area (Å²) >= 11 is 3.26. The zero-order valence-electron chi connectivity index (χ0n) is 11.3. The Morgan fingerprint density at radius 1 is 1.38 bits per heavy atom. The van der Waals surface area contributed by atoms with Crippen LogP contribution < -0.4 is 4.90 Å². The predicted octanol–water partition coefficient (Wildman–Crippen LogP) is 2.30. The highest BCUT2D eigenvalue weighted by atomic mass is 79.9. The molecule has 3 rings (SSSR count). The van der Waals surface area contributed by atoms with E-state index in [9.17, 15) is 17.6 Å². The molecule has 0 saturated carbocycles. The average Bonchev–Trinajstić information content (AvgIpc) is 2.77. The number of carbonyl (C=O) groups excluding carboxylic acids is 1. The summed E-state index contributed by atoms with van der Waals surface area (Å²) in [5.74, 6) is -1.31. The summed E-state index contributed by atoms with van der Waals surface area (Å²) in [6.45, 7) is 0.445. The van der Waals surface area contributed by atoms with Gasteiger partial charge in [0.2, 0.25) is 5.91 Å². The van der Waals surface area contributed by atoms with Crippen molar-refractivity contribution in [2.45, 2.75) is 19.3 Å². The number of amides is 1. The lowest BCUT2D eigenvalue weighted by Crippen LogP contribution is -2.40. The van der Waals surface area contributed by atoms with E-state index in [1.807, 2.05) is 6.07 Å². The zero-order chi connectivity index (χ0) is 15.2. The van der Waals surface area contributed by atoms with Crippen molar-refractivity contribution < 1.29 is 17.6 Å². The minimum atomic E-state index is -3.12. The van der Waals surface area contributed by atoms with Crippen molar-refractivity contribution in [2.75, 3.05) is 23.0 Å². The lowest BCUT2D eigenvalue weighted by Gasteiger charge is -2.31. The molecule has 2 heterocycles. The number of halogens is 2. The van der Waals surface area contributed by atoms with Crippen LogP contribution >= 0.6 is 15.9 Å². The van der Waals surface area contributed by atoms with Gasteiger partial charge in [-0.2, -0.15) is 0 Å². The van der Waals surface area contributed by atoms with Gasteiger partial charge in [0.1, 0.15) is 5.82 Å². The monoisotopic (exact) mass is 375 g/mol. The number of fused-ring (bicyclic) bond motifs is 1. The first-order valence-electron chi connectivity index (χ1n) is 6.87. The van der Waals surface area contributed by atoms with Gasteiger partial charge in [-0.25, -0.2) is 12.8 Å². The maximum atomic E-state index is 14.2. The topological polar surface area (TPSA) is 54.5 Å². The van der Waals surface area contributed by atoms with Crippen LogP contribution in [-0.4, -0.2) is 32.4 Å². The van der Waals surface area contributed by atoms with Crippen LogP contribution in [0, 0.1) is 11.7 Å². The molecule has 1 aromatic rings. The first-order chi connectivity index (χ1) is 9.87. The SMILES string of the molecule is O=C(C1CCS(=O)(=O)C1)N1CCCc2cc(Br)cc(F)c21. The van der Waals surface area contributed by atoms with E-state index in [4.69, 9.17) is 0 Å². The maximum Gasteiger partial charge on any atom is 0.231 e. The summed E-state index contributed by atoms with van der Waals surface area (Å²) in [7, 11) is -3.12. The fourth-order valence-electron chi connectivity index (χ4n) is 3.08. The van der Waals surface area contributed by atoms with E-state index in [1.54, 1.807) is 0 Å². The molecule has 1 fully saturated rings. The molecule has 0 aliphatic carbocycles. The second-order valence-corrected chi connectivity index (χ2v) is 8.73. The van der Waals surface area contributed by atoms with E-state index in [-0.39, 0.29) is 17.4 Å². The largest absolute Gasteiger partial charge is 0.309 e. The fourth-order valence-corrected chi connectivity index (χ4v) is 5.29. The molecule has 0 spiro atoms. The van der Waals surface area contributed by atoms with Gasteiger partial charge in [-0.05, 0) is 37.0 Å². The molecule has 0 aromatic heterocycles. The molecular weight excluding hydrogens is 361 g/mol. The standard InChI is InChI=1S/C14H15BrFNO3S/c15-11-6-9-2-1-4-17(13(9)12(16)7-11)14(18)10-3-5-21(19,20)8-10/h6-7,10H,1-5,8H2. The van der Waals surface area contributed by atoms with Crippen LogP contribution in [0.1, 0.15) is 18.4 Å². The molecule has 1 unspecified atom stereocenters. The van der Waals surface area contributed by atoms with Crippen LogP contribution in [0.4, 0.5) is 10.1 Å². The number of carbonyl (C=O) groups is 1. The number of anilines is 1.